The van der Waals surface area contributed by atoms with Crippen LogP contribution in [0.1, 0.15) is 26.3 Å². The fraction of sp³-hybridized carbons (Fsp3) is 0.500. The number of likely N-dealkylation sites (N-methyl/N-ethyl adjacent to an activating group) is 1. The first-order valence-corrected chi connectivity index (χ1v) is 6.23. The monoisotopic (exact) mass is 250 g/mol. The van der Waals surface area contributed by atoms with E-state index in [1.165, 1.54) is 0 Å². The van der Waals surface area contributed by atoms with Gasteiger partial charge in [-0.3, -0.25) is 0 Å². The van der Waals surface area contributed by atoms with Gasteiger partial charge in [0.2, 0.25) is 0 Å². The number of ether oxygens (including phenoxy) is 1. The summed E-state index contributed by atoms with van der Waals surface area (Å²) in [6.45, 7) is 7.81. The molecule has 1 amide bonds. The van der Waals surface area contributed by atoms with Gasteiger partial charge in [0, 0.05) is 12.1 Å². The highest BCUT2D eigenvalue weighted by molar-refractivity contribution is 5.67. The molecule has 0 radical (unpaired) electrons. The first-order chi connectivity index (χ1) is 8.53. The summed E-state index contributed by atoms with van der Waals surface area (Å²) < 4.78 is 5.12. The molecule has 2 N–H and O–H groups in total. The Bertz CT molecular complexity index is 363. The minimum atomic E-state index is -0.384. The summed E-state index contributed by atoms with van der Waals surface area (Å²) in [6.07, 6.45) is -0.384. The Hall–Kier alpha value is -1.55. The van der Waals surface area contributed by atoms with E-state index in [2.05, 4.69) is 10.6 Å². The van der Waals surface area contributed by atoms with Crippen molar-refractivity contribution >= 4 is 6.09 Å². The number of alkyl carbamates (subject to hydrolysis) is 1. The molecule has 0 atom stereocenters. The van der Waals surface area contributed by atoms with Crippen molar-refractivity contribution < 1.29 is 9.53 Å². The Morgan fingerprint density at radius 1 is 1.28 bits per heavy atom. The Kier molecular flexibility index (Phi) is 5.65. The third kappa shape index (κ3) is 5.68. The predicted molar refractivity (Wildman–Crippen MR) is 72.4 cm³/mol. The van der Waals surface area contributed by atoms with E-state index in [4.69, 9.17) is 4.74 Å². The average molecular weight is 250 g/mol. The van der Waals surface area contributed by atoms with Crippen LogP contribution in [0.4, 0.5) is 4.79 Å². The van der Waals surface area contributed by atoms with Gasteiger partial charge in [0.05, 0.1) is 0 Å². The normalized spacial score (nSPS) is 11.1. The van der Waals surface area contributed by atoms with Gasteiger partial charge in [0.25, 0.3) is 0 Å². The molecule has 0 fully saturated rings. The quantitative estimate of drug-likeness (QED) is 0.814. The van der Waals surface area contributed by atoms with E-state index < -0.39 is 0 Å². The highest BCUT2D eigenvalue weighted by Gasteiger charge is 2.17. The first-order valence-electron chi connectivity index (χ1n) is 6.23. The third-order valence-corrected chi connectivity index (χ3v) is 2.54. The molecule has 4 heteroatoms. The Morgan fingerprint density at radius 2 is 1.94 bits per heavy atom. The van der Waals surface area contributed by atoms with Crippen molar-refractivity contribution in [1.82, 2.24) is 10.6 Å². The van der Waals surface area contributed by atoms with Crippen LogP contribution in [0.2, 0.25) is 0 Å². The molecule has 4 nitrogen and oxygen atoms in total. The molecular formula is C14H22N2O2. The molecule has 0 saturated heterocycles. The summed E-state index contributed by atoms with van der Waals surface area (Å²) in [7, 11) is 0. The molecule has 1 aromatic carbocycles. The van der Waals surface area contributed by atoms with Crippen LogP contribution < -0.4 is 10.6 Å². The Labute approximate surface area is 109 Å². The summed E-state index contributed by atoms with van der Waals surface area (Å²) in [4.78, 5) is 11.5. The summed E-state index contributed by atoms with van der Waals surface area (Å²) >= 11 is 0. The van der Waals surface area contributed by atoms with Gasteiger partial charge in [-0.05, 0) is 26.0 Å². The zero-order valence-electron chi connectivity index (χ0n) is 11.3. The van der Waals surface area contributed by atoms with Crippen molar-refractivity contribution in [3.8, 4) is 0 Å². The van der Waals surface area contributed by atoms with Crippen LogP contribution in [0.15, 0.2) is 30.3 Å². The van der Waals surface area contributed by atoms with E-state index in [1.54, 1.807) is 0 Å². The van der Waals surface area contributed by atoms with Gasteiger partial charge in [0.15, 0.2) is 0 Å². The SMILES string of the molecule is CCNC(C)(C)CNC(=O)OCc1ccccc1. The van der Waals surface area contributed by atoms with E-state index in [-0.39, 0.29) is 11.6 Å². The standard InChI is InChI=1S/C14H22N2O2/c1-4-16-14(2,3)11-15-13(17)18-10-12-8-6-5-7-9-12/h5-9,16H,4,10-11H2,1-3H3,(H,15,17). The molecular weight excluding hydrogens is 228 g/mol. The molecule has 0 heterocycles. The maximum absolute atomic E-state index is 11.5. The van der Waals surface area contributed by atoms with Crippen molar-refractivity contribution in [3.05, 3.63) is 35.9 Å². The molecule has 0 aliphatic carbocycles. The third-order valence-electron chi connectivity index (χ3n) is 2.54. The molecule has 100 valence electrons. The molecule has 1 aromatic rings. The van der Waals surface area contributed by atoms with E-state index >= 15 is 0 Å². The minimum absolute atomic E-state index is 0.124. The molecule has 18 heavy (non-hydrogen) atoms. The van der Waals surface area contributed by atoms with E-state index in [9.17, 15) is 4.79 Å². The number of hydrogen-bond acceptors (Lipinski definition) is 3. The van der Waals surface area contributed by atoms with Crippen molar-refractivity contribution in [1.29, 1.82) is 0 Å². The lowest BCUT2D eigenvalue weighted by Crippen LogP contribution is -2.48. The summed E-state index contributed by atoms with van der Waals surface area (Å²) in [5, 5.41) is 6.04. The smallest absolute Gasteiger partial charge is 0.407 e. The average Bonchev–Trinajstić information content (AvgIpc) is 2.35. The van der Waals surface area contributed by atoms with Crippen LogP contribution in [-0.4, -0.2) is 24.7 Å². The van der Waals surface area contributed by atoms with Crippen LogP contribution in [0.25, 0.3) is 0 Å². The number of carbonyl (C=O) groups excluding carboxylic acids is 1. The fourth-order valence-corrected chi connectivity index (χ4v) is 1.61. The number of amides is 1. The van der Waals surface area contributed by atoms with Gasteiger partial charge < -0.3 is 15.4 Å². The van der Waals surface area contributed by atoms with Crippen LogP contribution in [0.3, 0.4) is 0 Å². The van der Waals surface area contributed by atoms with Gasteiger partial charge in [-0.1, -0.05) is 37.3 Å². The molecule has 0 aromatic heterocycles. The van der Waals surface area contributed by atoms with Gasteiger partial charge in [-0.2, -0.15) is 0 Å². The lowest BCUT2D eigenvalue weighted by molar-refractivity contribution is 0.136. The Balaban J connectivity index is 2.26. The maximum Gasteiger partial charge on any atom is 0.407 e. The second kappa shape index (κ2) is 7.01. The number of hydrogen-bond donors (Lipinski definition) is 2. The minimum Gasteiger partial charge on any atom is -0.445 e. The van der Waals surface area contributed by atoms with Crippen molar-refractivity contribution in [2.75, 3.05) is 13.1 Å². The summed E-state index contributed by atoms with van der Waals surface area (Å²) in [6, 6.07) is 9.63. The van der Waals surface area contributed by atoms with Crippen LogP contribution >= 0.6 is 0 Å². The molecule has 0 spiro atoms. The topological polar surface area (TPSA) is 50.4 Å². The van der Waals surface area contributed by atoms with E-state index in [0.29, 0.717) is 13.2 Å². The summed E-state index contributed by atoms with van der Waals surface area (Å²) in [5.41, 5.74) is 0.860. The van der Waals surface area contributed by atoms with Gasteiger partial charge >= 0.3 is 6.09 Å². The number of benzene rings is 1. The van der Waals surface area contributed by atoms with Crippen molar-refractivity contribution in [2.24, 2.45) is 0 Å². The Morgan fingerprint density at radius 3 is 2.56 bits per heavy atom. The lowest BCUT2D eigenvalue weighted by atomic mass is 10.1. The zero-order valence-corrected chi connectivity index (χ0v) is 11.3. The second-order valence-electron chi connectivity index (χ2n) is 4.83. The van der Waals surface area contributed by atoms with Gasteiger partial charge in [0.1, 0.15) is 6.61 Å². The number of nitrogens with one attached hydrogen (secondary N) is 2. The molecule has 1 rings (SSSR count). The van der Waals surface area contributed by atoms with Crippen LogP contribution in [-0.2, 0) is 11.3 Å². The van der Waals surface area contributed by atoms with Gasteiger partial charge in [-0.25, -0.2) is 4.79 Å². The van der Waals surface area contributed by atoms with Gasteiger partial charge in [-0.15, -0.1) is 0 Å². The van der Waals surface area contributed by atoms with Crippen LogP contribution in [0.5, 0.6) is 0 Å². The zero-order chi connectivity index (χ0) is 13.4. The van der Waals surface area contributed by atoms with E-state index in [1.807, 2.05) is 51.1 Å². The van der Waals surface area contributed by atoms with Crippen molar-refractivity contribution in [3.63, 3.8) is 0 Å². The molecule has 0 bridgehead atoms. The largest absolute Gasteiger partial charge is 0.445 e. The predicted octanol–water partition coefficient (Wildman–Crippen LogP) is 2.30. The highest BCUT2D eigenvalue weighted by atomic mass is 16.5. The van der Waals surface area contributed by atoms with Crippen molar-refractivity contribution in [2.45, 2.75) is 32.9 Å². The lowest BCUT2D eigenvalue weighted by Gasteiger charge is -2.25. The fourth-order valence-electron chi connectivity index (χ4n) is 1.61. The highest BCUT2D eigenvalue weighted by Crippen LogP contribution is 2.02. The molecule has 0 saturated carbocycles. The van der Waals surface area contributed by atoms with E-state index in [0.717, 1.165) is 12.1 Å². The summed E-state index contributed by atoms with van der Waals surface area (Å²) in [5.74, 6) is 0. The first kappa shape index (κ1) is 14.5. The van der Waals surface area contributed by atoms with Crippen LogP contribution in [0, 0.1) is 0 Å². The number of carbonyl (C=O) groups is 1. The maximum atomic E-state index is 11.5. The second-order valence-corrected chi connectivity index (χ2v) is 4.83. The number of rotatable bonds is 6. The molecule has 0 aliphatic rings. The molecule has 0 unspecified atom stereocenters. The molecule has 0 aliphatic heterocycles.